The summed E-state index contributed by atoms with van der Waals surface area (Å²) in [4.78, 5) is 15.4. The van der Waals surface area contributed by atoms with Gasteiger partial charge in [0.2, 0.25) is 0 Å². The van der Waals surface area contributed by atoms with Gasteiger partial charge in [-0.1, -0.05) is 73.5 Å². The van der Waals surface area contributed by atoms with E-state index >= 15 is 0 Å². The molecular weight excluding hydrogens is 372 g/mol. The third-order valence-corrected chi connectivity index (χ3v) is 7.44. The summed E-state index contributed by atoms with van der Waals surface area (Å²) in [5, 5.41) is 11.7. The van der Waals surface area contributed by atoms with Crippen LogP contribution in [0.25, 0.3) is 0 Å². The summed E-state index contributed by atoms with van der Waals surface area (Å²) in [7, 11) is 4.52. The van der Waals surface area contributed by atoms with Crippen LogP contribution >= 0.6 is 0 Å². The van der Waals surface area contributed by atoms with Crippen LogP contribution in [0.1, 0.15) is 36.8 Å². The molecule has 2 fully saturated rings. The molecule has 1 aliphatic carbocycles. The molecule has 4 heteroatoms. The van der Waals surface area contributed by atoms with Crippen molar-refractivity contribution in [1.29, 1.82) is 0 Å². The lowest BCUT2D eigenvalue weighted by Crippen LogP contribution is -2.69. The molecule has 1 saturated heterocycles. The number of likely N-dealkylation sites (tertiary alicyclic amines) is 1. The molecule has 160 valence electrons. The lowest BCUT2D eigenvalue weighted by Gasteiger charge is -2.51. The van der Waals surface area contributed by atoms with Crippen molar-refractivity contribution < 1.29 is 14.4 Å². The van der Waals surface area contributed by atoms with E-state index in [1.54, 1.807) is 0 Å². The maximum atomic E-state index is 13.6. The highest BCUT2D eigenvalue weighted by Crippen LogP contribution is 2.42. The highest BCUT2D eigenvalue weighted by Gasteiger charge is 2.52. The first-order valence-corrected chi connectivity index (χ1v) is 11.3. The third-order valence-electron chi connectivity index (χ3n) is 7.44. The Morgan fingerprint density at radius 2 is 1.57 bits per heavy atom. The van der Waals surface area contributed by atoms with Crippen LogP contribution in [0.2, 0.25) is 0 Å². The van der Waals surface area contributed by atoms with E-state index in [1.807, 2.05) is 35.2 Å². The van der Waals surface area contributed by atoms with Crippen LogP contribution in [0.15, 0.2) is 60.7 Å². The number of amides is 1. The molecule has 2 aromatic carbocycles. The van der Waals surface area contributed by atoms with Gasteiger partial charge in [-0.25, -0.2) is 0 Å². The molecule has 1 aliphatic heterocycles. The Morgan fingerprint density at radius 3 is 2.17 bits per heavy atom. The number of rotatable bonds is 7. The average molecular weight is 408 g/mol. The number of nitrogens with zero attached hydrogens (tertiary/aromatic N) is 2. The van der Waals surface area contributed by atoms with Gasteiger partial charge < -0.3 is 14.5 Å². The van der Waals surface area contributed by atoms with Gasteiger partial charge in [-0.15, -0.1) is 0 Å². The zero-order valence-electron chi connectivity index (χ0n) is 18.3. The first-order valence-electron chi connectivity index (χ1n) is 11.3. The highest BCUT2D eigenvalue weighted by atomic mass is 16.3. The number of carbonyl (C=O) groups is 1. The van der Waals surface area contributed by atoms with Gasteiger partial charge in [0.1, 0.15) is 6.04 Å². The minimum atomic E-state index is -1.39. The standard InChI is InChI=1S/C26H35N2O2/c1-28(2,18-17-21-11-5-3-6-12-21)24-19-27(20-24)25(29)26(30,23-15-9-10-16-23)22-13-7-4-8-14-22/h3-8,11-14,23-24,30H,9-10,15-20H2,1-2H3/q+1. The summed E-state index contributed by atoms with van der Waals surface area (Å²) in [5.74, 6) is -0.0769. The van der Waals surface area contributed by atoms with Crippen molar-refractivity contribution in [3.63, 3.8) is 0 Å². The molecule has 4 rings (SSSR count). The van der Waals surface area contributed by atoms with Crippen molar-refractivity contribution >= 4 is 5.91 Å². The second-order valence-electron chi connectivity index (χ2n) is 9.72. The summed E-state index contributed by atoms with van der Waals surface area (Å²) < 4.78 is 0.895. The molecule has 4 nitrogen and oxygen atoms in total. The van der Waals surface area contributed by atoms with Crippen molar-refractivity contribution in [2.24, 2.45) is 5.92 Å². The molecular formula is C26H35N2O2+. The molecule has 2 aromatic rings. The van der Waals surface area contributed by atoms with Crippen LogP contribution in [-0.2, 0) is 16.8 Å². The van der Waals surface area contributed by atoms with Gasteiger partial charge in [0.15, 0.2) is 5.60 Å². The van der Waals surface area contributed by atoms with E-state index < -0.39 is 5.60 Å². The summed E-state index contributed by atoms with van der Waals surface area (Å²) in [6.07, 6.45) is 5.08. The quantitative estimate of drug-likeness (QED) is 0.713. The van der Waals surface area contributed by atoms with Gasteiger partial charge in [0, 0.05) is 12.3 Å². The van der Waals surface area contributed by atoms with Crippen molar-refractivity contribution in [3.8, 4) is 0 Å². The molecule has 0 spiro atoms. The first-order chi connectivity index (χ1) is 14.4. The highest BCUT2D eigenvalue weighted by molar-refractivity contribution is 5.87. The number of carbonyl (C=O) groups excluding carboxylic acids is 1. The average Bonchev–Trinajstić information content (AvgIpc) is 3.27. The molecule has 1 N–H and O–H groups in total. The van der Waals surface area contributed by atoms with Gasteiger partial charge in [0.25, 0.3) is 5.91 Å². The predicted molar refractivity (Wildman–Crippen MR) is 120 cm³/mol. The van der Waals surface area contributed by atoms with Crippen molar-refractivity contribution in [3.05, 3.63) is 71.8 Å². The van der Waals surface area contributed by atoms with Gasteiger partial charge >= 0.3 is 0 Å². The van der Waals surface area contributed by atoms with E-state index in [2.05, 4.69) is 44.4 Å². The molecule has 1 amide bonds. The van der Waals surface area contributed by atoms with Crippen molar-refractivity contribution in [1.82, 2.24) is 4.90 Å². The minimum absolute atomic E-state index is 0.0204. The Bertz CT molecular complexity index is 840. The monoisotopic (exact) mass is 407 g/mol. The Kier molecular flexibility index (Phi) is 5.99. The molecule has 1 atom stereocenters. The zero-order chi connectivity index (χ0) is 21.2. The predicted octanol–water partition coefficient (Wildman–Crippen LogP) is 3.59. The topological polar surface area (TPSA) is 40.5 Å². The zero-order valence-corrected chi connectivity index (χ0v) is 18.3. The maximum absolute atomic E-state index is 13.6. The number of likely N-dealkylation sites (N-methyl/N-ethyl adjacent to an activating group) is 1. The summed E-state index contributed by atoms with van der Waals surface area (Å²) in [6, 6.07) is 20.6. The number of hydrogen-bond acceptors (Lipinski definition) is 2. The fourth-order valence-corrected chi connectivity index (χ4v) is 5.12. The molecule has 30 heavy (non-hydrogen) atoms. The smallest absolute Gasteiger partial charge is 0.259 e. The van der Waals surface area contributed by atoms with Crippen LogP contribution in [-0.4, -0.2) is 60.2 Å². The van der Waals surface area contributed by atoms with E-state index in [0.29, 0.717) is 6.04 Å². The van der Waals surface area contributed by atoms with Crippen molar-refractivity contribution in [2.75, 3.05) is 33.7 Å². The van der Waals surface area contributed by atoms with Gasteiger partial charge in [-0.05, 0) is 24.0 Å². The largest absolute Gasteiger partial charge is 0.375 e. The van der Waals surface area contributed by atoms with E-state index in [-0.39, 0.29) is 11.8 Å². The van der Waals surface area contributed by atoms with Crippen molar-refractivity contribution in [2.45, 2.75) is 43.7 Å². The Balaban J connectivity index is 1.42. The van der Waals surface area contributed by atoms with Crippen LogP contribution in [0.4, 0.5) is 0 Å². The Hall–Kier alpha value is -2.17. The van der Waals surface area contributed by atoms with E-state index in [0.717, 1.165) is 61.8 Å². The van der Waals surface area contributed by atoms with Crippen LogP contribution in [0.5, 0.6) is 0 Å². The number of aliphatic hydroxyl groups is 1. The van der Waals surface area contributed by atoms with E-state index in [9.17, 15) is 9.90 Å². The Morgan fingerprint density at radius 1 is 1.00 bits per heavy atom. The second-order valence-corrected chi connectivity index (χ2v) is 9.72. The van der Waals surface area contributed by atoms with E-state index in [1.165, 1.54) is 5.56 Å². The minimum Gasteiger partial charge on any atom is -0.375 e. The van der Waals surface area contributed by atoms with Gasteiger partial charge in [-0.3, -0.25) is 4.79 Å². The lowest BCUT2D eigenvalue weighted by atomic mass is 9.78. The fraction of sp³-hybridized carbons (Fsp3) is 0.500. The molecule has 0 radical (unpaired) electrons. The molecule has 1 heterocycles. The molecule has 0 aromatic heterocycles. The van der Waals surface area contributed by atoms with Gasteiger partial charge in [0.05, 0.1) is 33.7 Å². The molecule has 1 unspecified atom stereocenters. The van der Waals surface area contributed by atoms with Gasteiger partial charge in [-0.2, -0.15) is 0 Å². The maximum Gasteiger partial charge on any atom is 0.259 e. The second kappa shape index (κ2) is 8.52. The summed E-state index contributed by atoms with van der Waals surface area (Å²) in [6.45, 7) is 2.49. The van der Waals surface area contributed by atoms with E-state index in [4.69, 9.17) is 0 Å². The van der Waals surface area contributed by atoms with Crippen LogP contribution < -0.4 is 0 Å². The summed E-state index contributed by atoms with van der Waals surface area (Å²) >= 11 is 0. The molecule has 1 saturated carbocycles. The van der Waals surface area contributed by atoms with Crippen LogP contribution in [0.3, 0.4) is 0 Å². The lowest BCUT2D eigenvalue weighted by molar-refractivity contribution is -0.919. The first kappa shape index (κ1) is 21.1. The Labute approximate surface area is 180 Å². The summed E-state index contributed by atoms with van der Waals surface area (Å²) in [5.41, 5.74) is 0.725. The number of quaternary nitrogens is 1. The van der Waals surface area contributed by atoms with Crippen LogP contribution in [0, 0.1) is 5.92 Å². The normalized spacial score (nSPS) is 20.0. The fourth-order valence-electron chi connectivity index (χ4n) is 5.12. The molecule has 2 aliphatic rings. The molecule has 0 bridgehead atoms. The number of benzene rings is 2. The number of hydrogen-bond donors (Lipinski definition) is 1. The third kappa shape index (κ3) is 4.03. The SMILES string of the molecule is C[N+](C)(CCc1ccccc1)C1CN(C(=O)C(O)(c2ccccc2)C2CCCC2)C1.